The van der Waals surface area contributed by atoms with Gasteiger partial charge in [-0.1, -0.05) is 0 Å². The number of carbonyl (C=O) groups is 12. The second kappa shape index (κ2) is 29.0. The number of hydrogen-bond donors (Lipinski definition) is 16. The molecule has 0 radical (unpaired) electrons. The van der Waals surface area contributed by atoms with Crippen molar-refractivity contribution in [2.75, 3.05) is 0 Å². The smallest absolute Gasteiger partial charge is 0.336 e. The minimum Gasteiger partial charge on any atom is -0.481 e. The summed E-state index contributed by atoms with van der Waals surface area (Å²) in [7, 11) is 0. The van der Waals surface area contributed by atoms with Crippen LogP contribution in [0.15, 0.2) is 0 Å². The van der Waals surface area contributed by atoms with Crippen molar-refractivity contribution in [3.05, 3.63) is 0 Å². The van der Waals surface area contributed by atoms with Crippen molar-refractivity contribution in [2.24, 2.45) is 0 Å². The maximum atomic E-state index is 10.3. The average Bonchev–Trinajstić information content (AvgIpc) is 2.85. The van der Waals surface area contributed by atoms with Crippen molar-refractivity contribution in [1.29, 1.82) is 0 Å². The summed E-state index contributed by atoms with van der Waals surface area (Å²) in [5.74, 6) is -20.1. The fraction of sp³-hybridized carbons (Fsp3) is 0.500. The molecule has 0 rings (SSSR count). The van der Waals surface area contributed by atoms with Gasteiger partial charge in [-0.2, -0.15) is 0 Å². The molecule has 0 aromatic carbocycles. The number of aliphatic hydroxyl groups is 4. The third kappa shape index (κ3) is 31.7. The monoisotopic (exact) mass is 912 g/mol. The number of aliphatic carboxylic acids is 12. The van der Waals surface area contributed by atoms with Crippen molar-refractivity contribution in [1.82, 2.24) is 0 Å². The van der Waals surface area contributed by atoms with E-state index in [-0.39, 0.29) is 65.2 Å². The molecule has 0 aliphatic rings. The Kier molecular flexibility index (Phi) is 34.5. The Hall–Kier alpha value is -4.38. The van der Waals surface area contributed by atoms with Gasteiger partial charge in [0.2, 0.25) is 0 Å². The van der Waals surface area contributed by atoms with E-state index < -0.39 is 145 Å². The molecule has 0 aromatic heterocycles. The van der Waals surface area contributed by atoms with Gasteiger partial charge in [0.25, 0.3) is 0 Å². The molecule has 31 heteroatoms. The maximum Gasteiger partial charge on any atom is 0.336 e. The minimum atomic E-state index is -2.74. The predicted octanol–water partition coefficient (Wildman–Crippen LogP) is -5.00. The Bertz CT molecular complexity index is 1130. The summed E-state index contributed by atoms with van der Waals surface area (Å²) in [6, 6.07) is 0. The molecule has 0 spiro atoms. The van der Waals surface area contributed by atoms with Crippen molar-refractivity contribution in [2.45, 2.75) is 73.8 Å². The summed E-state index contributed by atoms with van der Waals surface area (Å²) < 4.78 is 0. The van der Waals surface area contributed by atoms with Gasteiger partial charge in [0.1, 0.15) is 0 Å². The number of hydrogen-bond acceptors (Lipinski definition) is 16. The predicted molar refractivity (Wildman–Crippen MR) is 148 cm³/mol. The molecule has 0 aliphatic carbocycles. The van der Waals surface area contributed by atoms with Crippen molar-refractivity contribution >= 4 is 71.6 Å². The van der Waals surface area contributed by atoms with Crippen molar-refractivity contribution in [3.63, 3.8) is 0 Å². The molecule has 0 amide bonds. The van der Waals surface area contributed by atoms with Crippen LogP contribution in [-0.2, 0) is 123 Å². The number of carboxylic acid groups (broad SMARTS) is 12. The molecule has 55 heavy (non-hydrogen) atoms. The second-order valence-corrected chi connectivity index (χ2v) is 9.91. The Morgan fingerprint density at radius 3 is 0.345 bits per heavy atom. The molecule has 0 saturated heterocycles. The van der Waals surface area contributed by atoms with Gasteiger partial charge in [0, 0.05) is 65.2 Å². The zero-order chi connectivity index (χ0) is 42.6. The van der Waals surface area contributed by atoms with Crippen LogP contribution in [0.25, 0.3) is 0 Å². The van der Waals surface area contributed by atoms with Crippen LogP contribution in [0.2, 0.25) is 0 Å². The van der Waals surface area contributed by atoms with Gasteiger partial charge < -0.3 is 81.7 Å². The first-order valence-electron chi connectivity index (χ1n) is 12.7. The van der Waals surface area contributed by atoms with Gasteiger partial charge >= 0.3 is 71.6 Å². The van der Waals surface area contributed by atoms with Crippen LogP contribution >= 0.6 is 0 Å². The van der Waals surface area contributed by atoms with Crippen molar-refractivity contribution in [3.8, 4) is 0 Å². The molecule has 0 fully saturated rings. The first-order valence-corrected chi connectivity index (χ1v) is 12.7. The molecule has 0 aromatic rings. The second-order valence-electron chi connectivity index (χ2n) is 9.91. The molecule has 308 valence electrons. The first-order chi connectivity index (χ1) is 23.1. The molecule has 16 N–H and O–H groups in total. The molecule has 28 nitrogen and oxygen atoms in total. The normalized spacial score (nSPS) is 10.3. The third-order valence-corrected chi connectivity index (χ3v) is 5.14. The van der Waals surface area contributed by atoms with E-state index in [1.807, 2.05) is 0 Å². The Balaban J connectivity index is -0.000000110. The summed E-state index contributed by atoms with van der Waals surface area (Å²) in [4.78, 5) is 122. The summed E-state index contributed by atoms with van der Waals surface area (Å²) in [5.41, 5.74) is -11.0. The topological polar surface area (TPSA) is 529 Å². The van der Waals surface area contributed by atoms with Crippen LogP contribution in [0, 0.1) is 0 Å². The molecule has 0 aliphatic heterocycles. The summed E-state index contributed by atoms with van der Waals surface area (Å²) in [6.45, 7) is 0. The van der Waals surface area contributed by atoms with Crippen LogP contribution in [-0.4, -0.2) is 176 Å². The average molecular weight is 912 g/mol. The maximum absolute atomic E-state index is 10.3. The fourth-order valence-electron chi connectivity index (χ4n) is 2.86. The van der Waals surface area contributed by atoms with Gasteiger partial charge in [0.15, 0.2) is 22.4 Å². The summed E-state index contributed by atoms with van der Waals surface area (Å²) in [5, 5.41) is 135. The molecule has 0 bridgehead atoms. The molecule has 0 atom stereocenters. The van der Waals surface area contributed by atoms with Gasteiger partial charge in [-0.3, -0.25) is 38.4 Å². The Morgan fingerprint density at radius 2 is 0.309 bits per heavy atom. The van der Waals surface area contributed by atoms with E-state index in [4.69, 9.17) is 81.7 Å². The summed E-state index contributed by atoms with van der Waals surface area (Å²) >= 11 is 0. The third-order valence-electron chi connectivity index (χ3n) is 5.14. The van der Waals surface area contributed by atoms with Crippen LogP contribution in [0.3, 0.4) is 0 Å². The van der Waals surface area contributed by atoms with E-state index in [1.54, 1.807) is 0 Å². The largest absolute Gasteiger partial charge is 0.481 e. The Morgan fingerprint density at radius 1 is 0.236 bits per heavy atom. The zero-order valence-corrected chi connectivity index (χ0v) is 31.9. The minimum absolute atomic E-state index is 0. The number of rotatable bonds is 20. The molecule has 0 saturated carbocycles. The first kappa shape index (κ1) is 65.5. The van der Waals surface area contributed by atoms with E-state index in [9.17, 15) is 57.5 Å². The van der Waals surface area contributed by atoms with E-state index in [2.05, 4.69) is 0 Å². The quantitative estimate of drug-likeness (QED) is 0.0509. The van der Waals surface area contributed by atoms with Crippen molar-refractivity contribution < 1.29 is 204 Å². The fourth-order valence-corrected chi connectivity index (χ4v) is 2.86. The van der Waals surface area contributed by atoms with E-state index in [0.29, 0.717) is 0 Å². The van der Waals surface area contributed by atoms with Crippen LogP contribution < -0.4 is 0 Å². The Labute approximate surface area is 348 Å². The van der Waals surface area contributed by atoms with E-state index in [0.717, 1.165) is 0 Å². The van der Waals surface area contributed by atoms with E-state index >= 15 is 0 Å². The van der Waals surface area contributed by atoms with Gasteiger partial charge in [0.05, 0.1) is 51.4 Å². The van der Waals surface area contributed by atoms with Crippen LogP contribution in [0.4, 0.5) is 0 Å². The van der Waals surface area contributed by atoms with Crippen LogP contribution in [0.1, 0.15) is 51.4 Å². The molecule has 0 unspecified atom stereocenters. The molecular formula is C24H32O28Ti3. The van der Waals surface area contributed by atoms with Gasteiger partial charge in [-0.05, 0) is 0 Å². The van der Waals surface area contributed by atoms with Gasteiger partial charge in [-0.25, -0.2) is 19.2 Å². The number of carboxylic acids is 12. The standard InChI is InChI=1S/4C6H8O7.3Ti/c4*7-3(8)1-6(13,5(11)12)2-4(9)10;;;/h4*13H,1-2H2,(H,7,8)(H,9,10)(H,11,12);;;. The molecular weight excluding hydrogens is 880 g/mol. The van der Waals surface area contributed by atoms with Crippen LogP contribution in [0.5, 0.6) is 0 Å². The molecule has 0 heterocycles. The van der Waals surface area contributed by atoms with E-state index in [1.165, 1.54) is 0 Å². The van der Waals surface area contributed by atoms with Gasteiger partial charge in [-0.15, -0.1) is 0 Å². The zero-order valence-electron chi connectivity index (χ0n) is 27.2. The SMILES string of the molecule is O=C(O)CC(O)(CC(=O)O)C(=O)O.O=C(O)CC(O)(CC(=O)O)C(=O)O.O=C(O)CC(O)(CC(=O)O)C(=O)O.O=C(O)CC(O)(CC(=O)O)C(=O)O.[Ti].[Ti].[Ti]. The summed E-state index contributed by atoms with van der Waals surface area (Å²) in [6.07, 6.45) is -9.15.